The number of hydrogen-bond donors (Lipinski definition) is 1. The van der Waals surface area contributed by atoms with Crippen molar-refractivity contribution < 1.29 is 0 Å². The summed E-state index contributed by atoms with van der Waals surface area (Å²) in [4.78, 5) is 2.72. The predicted octanol–water partition coefficient (Wildman–Crippen LogP) is 1.67. The molecule has 2 fully saturated rings. The zero-order chi connectivity index (χ0) is 14.1. The van der Waals surface area contributed by atoms with E-state index in [1.54, 1.807) is 0 Å². The molecule has 4 nitrogen and oxygen atoms in total. The number of nitrogens with one attached hydrogen (secondary N) is 1. The van der Waals surface area contributed by atoms with E-state index in [-0.39, 0.29) is 0 Å². The van der Waals surface area contributed by atoms with E-state index >= 15 is 0 Å². The molecule has 1 N–H and O–H groups in total. The van der Waals surface area contributed by atoms with Gasteiger partial charge < -0.3 is 5.32 Å². The summed E-state index contributed by atoms with van der Waals surface area (Å²) < 4.78 is 2.00. The van der Waals surface area contributed by atoms with Gasteiger partial charge in [-0.2, -0.15) is 5.10 Å². The lowest BCUT2D eigenvalue weighted by molar-refractivity contribution is 0.0930. The molecule has 1 aromatic rings. The predicted molar refractivity (Wildman–Crippen MR) is 81.6 cm³/mol. The smallest absolute Gasteiger partial charge is 0.0492 e. The van der Waals surface area contributed by atoms with Gasteiger partial charge in [-0.05, 0) is 30.7 Å². The fourth-order valence-corrected chi connectivity index (χ4v) is 3.49. The van der Waals surface area contributed by atoms with Gasteiger partial charge in [-0.1, -0.05) is 13.8 Å². The summed E-state index contributed by atoms with van der Waals surface area (Å²) in [5.41, 5.74) is 1.34. The van der Waals surface area contributed by atoms with E-state index in [1.807, 2.05) is 17.9 Å². The number of rotatable bonds is 5. The topological polar surface area (TPSA) is 33.1 Å². The molecule has 1 aromatic heterocycles. The zero-order valence-electron chi connectivity index (χ0n) is 13.0. The molecule has 0 bridgehead atoms. The summed E-state index contributed by atoms with van der Waals surface area (Å²) in [5, 5.41) is 8.06. The third-order valence-corrected chi connectivity index (χ3v) is 5.03. The molecule has 112 valence electrons. The van der Waals surface area contributed by atoms with Crippen LogP contribution in [0.4, 0.5) is 0 Å². The van der Waals surface area contributed by atoms with Crippen molar-refractivity contribution in [1.82, 2.24) is 20.0 Å². The maximum atomic E-state index is 4.27. The van der Waals surface area contributed by atoms with Gasteiger partial charge in [0.25, 0.3) is 0 Å². The minimum Gasteiger partial charge on any atom is -0.311 e. The Hall–Kier alpha value is -0.870. The first kappa shape index (κ1) is 14.1. The van der Waals surface area contributed by atoms with E-state index in [4.69, 9.17) is 0 Å². The lowest BCUT2D eigenvalue weighted by Gasteiger charge is -2.42. The Bertz CT molecular complexity index is 435. The summed E-state index contributed by atoms with van der Waals surface area (Å²) in [5.74, 6) is 1.66. The van der Waals surface area contributed by atoms with Crippen molar-refractivity contribution in [3.05, 3.63) is 18.0 Å². The van der Waals surface area contributed by atoms with E-state index in [2.05, 4.69) is 35.2 Å². The molecule has 1 saturated carbocycles. The molecule has 0 amide bonds. The van der Waals surface area contributed by atoms with Crippen molar-refractivity contribution in [2.75, 3.05) is 19.6 Å². The number of aryl methyl sites for hydroxylation is 1. The number of piperazine rings is 1. The number of aromatic nitrogens is 2. The molecule has 2 unspecified atom stereocenters. The summed E-state index contributed by atoms with van der Waals surface area (Å²) in [6, 6.07) is 3.56. The SMILES string of the molecule is CC(C)C1CNC(C2CC2)CN1CCc1ccnn1C. The van der Waals surface area contributed by atoms with Crippen LogP contribution in [0.25, 0.3) is 0 Å². The van der Waals surface area contributed by atoms with Crippen LogP contribution < -0.4 is 5.32 Å². The van der Waals surface area contributed by atoms with Crippen LogP contribution in [0.1, 0.15) is 32.4 Å². The second-order valence-electron chi connectivity index (χ2n) is 6.85. The lowest BCUT2D eigenvalue weighted by Crippen LogP contribution is -2.59. The van der Waals surface area contributed by atoms with Crippen molar-refractivity contribution in [3.8, 4) is 0 Å². The molecule has 2 atom stereocenters. The molecule has 0 radical (unpaired) electrons. The van der Waals surface area contributed by atoms with Crippen LogP contribution in [0.15, 0.2) is 12.3 Å². The monoisotopic (exact) mass is 276 g/mol. The Morgan fingerprint density at radius 3 is 2.80 bits per heavy atom. The van der Waals surface area contributed by atoms with Crippen molar-refractivity contribution in [2.45, 2.75) is 45.2 Å². The largest absolute Gasteiger partial charge is 0.311 e. The Balaban J connectivity index is 1.61. The fourth-order valence-electron chi connectivity index (χ4n) is 3.49. The van der Waals surface area contributed by atoms with Gasteiger partial charge >= 0.3 is 0 Å². The van der Waals surface area contributed by atoms with Gasteiger partial charge in [-0.3, -0.25) is 9.58 Å². The maximum Gasteiger partial charge on any atom is 0.0492 e. The molecule has 4 heteroatoms. The summed E-state index contributed by atoms with van der Waals surface area (Å²) in [7, 11) is 2.04. The van der Waals surface area contributed by atoms with Gasteiger partial charge in [0.1, 0.15) is 0 Å². The van der Waals surface area contributed by atoms with Crippen LogP contribution in [-0.4, -0.2) is 46.4 Å². The molecule has 1 aliphatic heterocycles. The van der Waals surface area contributed by atoms with Crippen molar-refractivity contribution in [2.24, 2.45) is 18.9 Å². The first-order chi connectivity index (χ1) is 9.65. The summed E-state index contributed by atoms with van der Waals surface area (Å²) in [6.45, 7) is 8.24. The van der Waals surface area contributed by atoms with Crippen LogP contribution in [0.2, 0.25) is 0 Å². The molecule has 2 aliphatic rings. The number of nitrogens with zero attached hydrogens (tertiary/aromatic N) is 3. The molecule has 3 rings (SSSR count). The normalized spacial score (nSPS) is 28.2. The molecule has 1 aliphatic carbocycles. The van der Waals surface area contributed by atoms with Crippen molar-refractivity contribution in [3.63, 3.8) is 0 Å². The quantitative estimate of drug-likeness (QED) is 0.888. The Kier molecular flexibility index (Phi) is 4.13. The molecule has 0 aromatic carbocycles. The fraction of sp³-hybridized carbons (Fsp3) is 0.812. The van der Waals surface area contributed by atoms with Gasteiger partial charge in [-0.15, -0.1) is 0 Å². The zero-order valence-corrected chi connectivity index (χ0v) is 13.0. The maximum absolute atomic E-state index is 4.27. The van der Waals surface area contributed by atoms with Crippen LogP contribution >= 0.6 is 0 Å². The molecule has 0 spiro atoms. The highest BCUT2D eigenvalue weighted by Gasteiger charge is 2.37. The highest BCUT2D eigenvalue weighted by Crippen LogP contribution is 2.34. The van der Waals surface area contributed by atoms with E-state index in [0.29, 0.717) is 12.0 Å². The first-order valence-electron chi connectivity index (χ1n) is 8.09. The van der Waals surface area contributed by atoms with Crippen molar-refractivity contribution >= 4 is 0 Å². The van der Waals surface area contributed by atoms with Gasteiger partial charge in [-0.25, -0.2) is 0 Å². The minimum atomic E-state index is 0.679. The third-order valence-electron chi connectivity index (χ3n) is 5.03. The average Bonchev–Trinajstić information content (AvgIpc) is 3.20. The second-order valence-corrected chi connectivity index (χ2v) is 6.85. The molecule has 2 heterocycles. The van der Waals surface area contributed by atoms with Crippen molar-refractivity contribution in [1.29, 1.82) is 0 Å². The summed E-state index contributed by atoms with van der Waals surface area (Å²) >= 11 is 0. The average molecular weight is 276 g/mol. The van der Waals surface area contributed by atoms with Gasteiger partial charge in [0, 0.05) is 57.1 Å². The van der Waals surface area contributed by atoms with E-state index < -0.39 is 0 Å². The minimum absolute atomic E-state index is 0.679. The second kappa shape index (κ2) is 5.86. The van der Waals surface area contributed by atoms with E-state index in [0.717, 1.165) is 31.5 Å². The first-order valence-corrected chi connectivity index (χ1v) is 8.09. The number of hydrogen-bond acceptors (Lipinski definition) is 3. The van der Waals surface area contributed by atoms with Crippen LogP contribution in [0, 0.1) is 11.8 Å². The molecule has 1 saturated heterocycles. The van der Waals surface area contributed by atoms with Crippen LogP contribution in [0.3, 0.4) is 0 Å². The molecular formula is C16H28N4. The Morgan fingerprint density at radius 1 is 1.40 bits per heavy atom. The highest BCUT2D eigenvalue weighted by molar-refractivity contribution is 5.02. The van der Waals surface area contributed by atoms with Crippen LogP contribution in [0.5, 0.6) is 0 Å². The lowest BCUT2D eigenvalue weighted by atomic mass is 9.96. The Labute approximate surface area is 122 Å². The third kappa shape index (κ3) is 3.07. The standard InChI is InChI=1S/C16H28N4/c1-12(2)16-10-17-15(13-4-5-13)11-20(16)9-7-14-6-8-18-19(14)3/h6,8,12-13,15-17H,4-5,7,9-11H2,1-3H3. The van der Waals surface area contributed by atoms with Crippen LogP contribution in [-0.2, 0) is 13.5 Å². The van der Waals surface area contributed by atoms with Gasteiger partial charge in [0.2, 0.25) is 0 Å². The summed E-state index contributed by atoms with van der Waals surface area (Å²) in [6.07, 6.45) is 5.87. The highest BCUT2D eigenvalue weighted by atomic mass is 15.3. The van der Waals surface area contributed by atoms with E-state index in [1.165, 1.54) is 25.1 Å². The van der Waals surface area contributed by atoms with E-state index in [9.17, 15) is 0 Å². The molecule has 20 heavy (non-hydrogen) atoms. The molecular weight excluding hydrogens is 248 g/mol. The van der Waals surface area contributed by atoms with Gasteiger partial charge in [0.15, 0.2) is 0 Å². The van der Waals surface area contributed by atoms with Gasteiger partial charge in [0.05, 0.1) is 0 Å². The Morgan fingerprint density at radius 2 is 2.20 bits per heavy atom.